The number of hydrogen-bond donors (Lipinski definition) is 5. The molecule has 0 fully saturated rings. The second kappa shape index (κ2) is 5.62. The number of aromatic nitrogens is 2. The third-order valence-corrected chi connectivity index (χ3v) is 2.36. The fraction of sp³-hybridized carbons (Fsp3) is 0.556. The standard InChI is InChI=1S/C9H16N4O4/c10-8-7(9(11)17)12-4-13(8)3-6(16)5(15)1-2-14/h4-6,14-16H,1-3,10H2,(H2,11,17). The molecule has 1 rings (SSSR count). The van der Waals surface area contributed by atoms with Crippen LogP contribution < -0.4 is 11.5 Å². The Morgan fingerprint density at radius 3 is 2.59 bits per heavy atom. The minimum absolute atomic E-state index is 0.0344. The van der Waals surface area contributed by atoms with Crippen LogP contribution in [0.5, 0.6) is 0 Å². The number of carbonyl (C=O) groups is 1. The number of rotatable bonds is 6. The van der Waals surface area contributed by atoms with Crippen LogP contribution in [-0.4, -0.2) is 49.6 Å². The summed E-state index contributed by atoms with van der Waals surface area (Å²) in [4.78, 5) is 14.6. The van der Waals surface area contributed by atoms with Gasteiger partial charge in [-0.3, -0.25) is 4.79 Å². The van der Waals surface area contributed by atoms with Crippen LogP contribution in [0.3, 0.4) is 0 Å². The van der Waals surface area contributed by atoms with Gasteiger partial charge < -0.3 is 31.4 Å². The molecule has 0 aliphatic carbocycles. The summed E-state index contributed by atoms with van der Waals surface area (Å²) in [5.74, 6) is -0.723. The average molecular weight is 244 g/mol. The van der Waals surface area contributed by atoms with Crippen molar-refractivity contribution in [2.75, 3.05) is 12.3 Å². The SMILES string of the molecule is NC(=O)c1ncn(CC(O)C(O)CCO)c1N. The van der Waals surface area contributed by atoms with Crippen molar-refractivity contribution >= 4 is 11.7 Å². The molecule has 1 heterocycles. The van der Waals surface area contributed by atoms with Crippen molar-refractivity contribution in [3.63, 3.8) is 0 Å². The summed E-state index contributed by atoms with van der Waals surface area (Å²) in [7, 11) is 0. The molecule has 96 valence electrons. The molecule has 0 aliphatic rings. The van der Waals surface area contributed by atoms with Gasteiger partial charge in [0, 0.05) is 6.61 Å². The van der Waals surface area contributed by atoms with Crippen LogP contribution in [0.15, 0.2) is 6.33 Å². The molecule has 1 amide bonds. The first-order valence-corrected chi connectivity index (χ1v) is 5.04. The Balaban J connectivity index is 2.72. The smallest absolute Gasteiger partial charge is 0.271 e. The number of nitrogens with two attached hydrogens (primary N) is 2. The zero-order valence-electron chi connectivity index (χ0n) is 9.15. The van der Waals surface area contributed by atoms with E-state index in [1.165, 1.54) is 10.9 Å². The quantitative estimate of drug-likeness (QED) is 0.379. The monoisotopic (exact) mass is 244 g/mol. The molecule has 0 radical (unpaired) electrons. The number of imidazole rings is 1. The van der Waals surface area contributed by atoms with E-state index in [2.05, 4.69) is 4.98 Å². The van der Waals surface area contributed by atoms with Gasteiger partial charge in [0.2, 0.25) is 0 Å². The van der Waals surface area contributed by atoms with Gasteiger partial charge in [0.25, 0.3) is 5.91 Å². The largest absolute Gasteiger partial charge is 0.396 e. The maximum atomic E-state index is 10.9. The molecule has 8 heteroatoms. The van der Waals surface area contributed by atoms with Crippen molar-refractivity contribution < 1.29 is 20.1 Å². The molecule has 0 bridgehead atoms. The zero-order chi connectivity index (χ0) is 13.0. The average Bonchev–Trinajstić information content (AvgIpc) is 2.61. The third-order valence-electron chi connectivity index (χ3n) is 2.36. The lowest BCUT2D eigenvalue weighted by Gasteiger charge is -2.17. The minimum atomic E-state index is -1.11. The van der Waals surface area contributed by atoms with Crippen molar-refractivity contribution in [3.8, 4) is 0 Å². The van der Waals surface area contributed by atoms with Gasteiger partial charge in [0.15, 0.2) is 5.69 Å². The van der Waals surface area contributed by atoms with E-state index in [-0.39, 0.29) is 31.1 Å². The minimum Gasteiger partial charge on any atom is -0.396 e. The van der Waals surface area contributed by atoms with Gasteiger partial charge in [-0.05, 0) is 6.42 Å². The van der Waals surface area contributed by atoms with Crippen LogP contribution in [0.4, 0.5) is 5.82 Å². The van der Waals surface area contributed by atoms with Gasteiger partial charge in [-0.2, -0.15) is 0 Å². The topological polar surface area (TPSA) is 148 Å². The van der Waals surface area contributed by atoms with Gasteiger partial charge in [0.05, 0.1) is 25.1 Å². The zero-order valence-corrected chi connectivity index (χ0v) is 9.15. The van der Waals surface area contributed by atoms with Gasteiger partial charge in [-0.1, -0.05) is 0 Å². The van der Waals surface area contributed by atoms with Crippen molar-refractivity contribution in [3.05, 3.63) is 12.0 Å². The maximum Gasteiger partial charge on any atom is 0.271 e. The number of amides is 1. The summed E-state index contributed by atoms with van der Waals surface area (Å²) in [5.41, 5.74) is 10.5. The Morgan fingerprint density at radius 2 is 2.12 bits per heavy atom. The first kappa shape index (κ1) is 13.4. The molecular formula is C9H16N4O4. The lowest BCUT2D eigenvalue weighted by atomic mass is 10.1. The highest BCUT2D eigenvalue weighted by Crippen LogP contribution is 2.11. The van der Waals surface area contributed by atoms with E-state index < -0.39 is 18.1 Å². The van der Waals surface area contributed by atoms with E-state index in [9.17, 15) is 15.0 Å². The number of hydrogen-bond acceptors (Lipinski definition) is 6. The molecule has 0 aliphatic heterocycles. The number of primary amides is 1. The Morgan fingerprint density at radius 1 is 1.47 bits per heavy atom. The summed E-state index contributed by atoms with van der Waals surface area (Å²) in [5, 5.41) is 27.6. The highest BCUT2D eigenvalue weighted by molar-refractivity contribution is 5.95. The van der Waals surface area contributed by atoms with E-state index in [1.807, 2.05) is 0 Å². The Bertz CT molecular complexity index is 392. The number of anilines is 1. The first-order chi connectivity index (χ1) is 7.97. The molecule has 1 aromatic heterocycles. The summed E-state index contributed by atoms with van der Waals surface area (Å²) >= 11 is 0. The van der Waals surface area contributed by atoms with E-state index in [0.29, 0.717) is 0 Å². The second-order valence-corrected chi connectivity index (χ2v) is 3.64. The van der Waals surface area contributed by atoms with Crippen LogP contribution >= 0.6 is 0 Å². The molecule has 0 spiro atoms. The normalized spacial score (nSPS) is 14.5. The number of aliphatic hydroxyl groups excluding tert-OH is 3. The first-order valence-electron chi connectivity index (χ1n) is 5.04. The van der Waals surface area contributed by atoms with Crippen LogP contribution in [0.25, 0.3) is 0 Å². The predicted octanol–water partition coefficient (Wildman–Crippen LogP) is -2.33. The maximum absolute atomic E-state index is 10.9. The summed E-state index contributed by atoms with van der Waals surface area (Å²) in [6.45, 7) is -0.266. The van der Waals surface area contributed by atoms with Crippen LogP contribution in [0, 0.1) is 0 Å². The number of carbonyl (C=O) groups excluding carboxylic acids is 1. The van der Waals surface area contributed by atoms with Crippen molar-refractivity contribution in [1.29, 1.82) is 0 Å². The number of aliphatic hydroxyl groups is 3. The molecule has 8 nitrogen and oxygen atoms in total. The van der Waals surface area contributed by atoms with Gasteiger partial charge in [-0.15, -0.1) is 0 Å². The molecule has 7 N–H and O–H groups in total. The Kier molecular flexibility index (Phi) is 4.44. The molecule has 17 heavy (non-hydrogen) atoms. The van der Waals surface area contributed by atoms with Gasteiger partial charge >= 0.3 is 0 Å². The van der Waals surface area contributed by atoms with Crippen LogP contribution in [0.1, 0.15) is 16.9 Å². The Labute approximate surface area is 97.5 Å². The van der Waals surface area contributed by atoms with Crippen molar-refractivity contribution in [1.82, 2.24) is 9.55 Å². The van der Waals surface area contributed by atoms with E-state index >= 15 is 0 Å². The van der Waals surface area contributed by atoms with E-state index in [4.69, 9.17) is 16.6 Å². The fourth-order valence-corrected chi connectivity index (χ4v) is 1.37. The third kappa shape index (κ3) is 3.16. The molecule has 0 aromatic carbocycles. The van der Waals surface area contributed by atoms with E-state index in [1.54, 1.807) is 0 Å². The lowest BCUT2D eigenvalue weighted by molar-refractivity contribution is -0.00318. The number of nitrogens with zero attached hydrogens (tertiary/aromatic N) is 2. The summed E-state index contributed by atoms with van der Waals surface area (Å²) in [6, 6.07) is 0. The van der Waals surface area contributed by atoms with Crippen molar-refractivity contribution in [2.24, 2.45) is 5.73 Å². The van der Waals surface area contributed by atoms with Crippen LogP contribution in [0.2, 0.25) is 0 Å². The molecule has 0 saturated heterocycles. The van der Waals surface area contributed by atoms with Crippen LogP contribution in [-0.2, 0) is 6.54 Å². The van der Waals surface area contributed by atoms with Crippen molar-refractivity contribution in [2.45, 2.75) is 25.2 Å². The van der Waals surface area contributed by atoms with Gasteiger partial charge in [0.1, 0.15) is 5.82 Å². The molecule has 2 unspecified atom stereocenters. The molecule has 1 aromatic rings. The summed E-state index contributed by atoms with van der Waals surface area (Å²) in [6.07, 6.45) is -0.874. The lowest BCUT2D eigenvalue weighted by Crippen LogP contribution is -2.31. The highest BCUT2D eigenvalue weighted by Gasteiger charge is 2.19. The number of nitrogen functional groups attached to an aromatic ring is 1. The molecule has 0 saturated carbocycles. The molecule has 2 atom stereocenters. The molecular weight excluding hydrogens is 228 g/mol. The predicted molar refractivity (Wildman–Crippen MR) is 58.9 cm³/mol. The highest BCUT2D eigenvalue weighted by atomic mass is 16.3. The van der Waals surface area contributed by atoms with Gasteiger partial charge in [-0.25, -0.2) is 4.98 Å². The second-order valence-electron chi connectivity index (χ2n) is 3.64. The summed E-state index contributed by atoms with van der Waals surface area (Å²) < 4.78 is 1.31. The Hall–Kier alpha value is -1.64. The fourth-order valence-electron chi connectivity index (χ4n) is 1.37. The van der Waals surface area contributed by atoms with E-state index in [0.717, 1.165) is 0 Å².